The molecule has 9 nitrogen and oxygen atoms in total. The Morgan fingerprint density at radius 2 is 1.42 bits per heavy atom. The number of amides is 4. The molecule has 0 radical (unpaired) electrons. The molecule has 9 heteroatoms. The van der Waals surface area contributed by atoms with Gasteiger partial charge in [-0.05, 0) is 29.8 Å². The fourth-order valence-corrected chi connectivity index (χ4v) is 3.22. The predicted molar refractivity (Wildman–Crippen MR) is 111 cm³/mol. The zero-order chi connectivity index (χ0) is 22.4. The molecule has 0 unspecified atom stereocenters. The van der Waals surface area contributed by atoms with Crippen molar-refractivity contribution in [1.29, 1.82) is 0 Å². The zero-order valence-corrected chi connectivity index (χ0v) is 17.3. The van der Waals surface area contributed by atoms with Crippen molar-refractivity contribution >= 4 is 23.6 Å². The van der Waals surface area contributed by atoms with E-state index >= 15 is 0 Å². The molecule has 0 spiro atoms. The van der Waals surface area contributed by atoms with E-state index < -0.39 is 17.7 Å². The monoisotopic (exact) mass is 425 g/mol. The number of imide groups is 1. The maximum absolute atomic E-state index is 12.3. The second kappa shape index (κ2) is 9.75. The van der Waals surface area contributed by atoms with Gasteiger partial charge in [0, 0.05) is 13.1 Å². The van der Waals surface area contributed by atoms with E-state index in [-0.39, 0.29) is 32.0 Å². The number of methoxy groups -OCH3 is 2. The number of benzene rings is 2. The van der Waals surface area contributed by atoms with Gasteiger partial charge in [0.05, 0.1) is 31.8 Å². The highest BCUT2D eigenvalue weighted by Gasteiger charge is 2.36. The number of carbonyl (C=O) groups is 4. The quantitative estimate of drug-likeness (QED) is 0.453. The van der Waals surface area contributed by atoms with Gasteiger partial charge in [-0.25, -0.2) is 0 Å². The Bertz CT molecular complexity index is 985. The van der Waals surface area contributed by atoms with E-state index in [2.05, 4.69) is 10.6 Å². The van der Waals surface area contributed by atoms with Crippen LogP contribution in [0, 0.1) is 0 Å². The zero-order valence-electron chi connectivity index (χ0n) is 17.3. The van der Waals surface area contributed by atoms with Crippen molar-refractivity contribution in [2.24, 2.45) is 0 Å². The number of carbonyl (C=O) groups excluding carboxylic acids is 4. The van der Waals surface area contributed by atoms with Crippen LogP contribution in [-0.2, 0) is 16.0 Å². The summed E-state index contributed by atoms with van der Waals surface area (Å²) in [5.74, 6) is -0.566. The van der Waals surface area contributed by atoms with Crippen molar-refractivity contribution in [1.82, 2.24) is 15.5 Å². The molecule has 1 aliphatic rings. The molecule has 2 aromatic carbocycles. The Morgan fingerprint density at radius 3 is 2.00 bits per heavy atom. The maximum Gasteiger partial charge on any atom is 0.262 e. The summed E-state index contributed by atoms with van der Waals surface area (Å²) in [6, 6.07) is 11.7. The SMILES string of the molecule is COc1ccc(CC(=O)NCCNC(=O)CN2C(=O)c3ccccc3C2=O)cc1OC. The molecule has 0 bridgehead atoms. The van der Waals surface area contributed by atoms with Gasteiger partial charge in [-0.15, -0.1) is 0 Å². The molecule has 162 valence electrons. The minimum Gasteiger partial charge on any atom is -0.493 e. The third-order valence-electron chi connectivity index (χ3n) is 4.76. The Hall–Kier alpha value is -3.88. The average Bonchev–Trinajstić information content (AvgIpc) is 3.01. The predicted octanol–water partition coefficient (Wildman–Crippen LogP) is 0.775. The summed E-state index contributed by atoms with van der Waals surface area (Å²) in [6.45, 7) is 0.00555. The fraction of sp³-hybridized carbons (Fsp3) is 0.273. The lowest BCUT2D eigenvalue weighted by Crippen LogP contribution is -2.42. The highest BCUT2D eigenvalue weighted by atomic mass is 16.5. The van der Waals surface area contributed by atoms with Crippen LogP contribution in [0.15, 0.2) is 42.5 Å². The molecular formula is C22H23N3O6. The lowest BCUT2D eigenvalue weighted by molar-refractivity contribution is -0.122. The highest BCUT2D eigenvalue weighted by Crippen LogP contribution is 2.27. The van der Waals surface area contributed by atoms with E-state index in [9.17, 15) is 19.2 Å². The number of ether oxygens (including phenoxy) is 2. The highest BCUT2D eigenvalue weighted by molar-refractivity contribution is 6.22. The smallest absolute Gasteiger partial charge is 0.262 e. The van der Waals surface area contributed by atoms with Crippen LogP contribution < -0.4 is 20.1 Å². The van der Waals surface area contributed by atoms with Crippen LogP contribution >= 0.6 is 0 Å². The summed E-state index contributed by atoms with van der Waals surface area (Å²) in [7, 11) is 3.05. The third-order valence-corrected chi connectivity index (χ3v) is 4.76. The summed E-state index contributed by atoms with van der Waals surface area (Å²) in [6.07, 6.45) is 0.142. The van der Waals surface area contributed by atoms with Gasteiger partial charge in [-0.2, -0.15) is 0 Å². The number of rotatable bonds is 9. The van der Waals surface area contributed by atoms with E-state index in [1.165, 1.54) is 14.2 Å². The van der Waals surface area contributed by atoms with Crippen molar-refractivity contribution < 1.29 is 28.7 Å². The van der Waals surface area contributed by atoms with Gasteiger partial charge in [0.2, 0.25) is 11.8 Å². The normalized spacial score (nSPS) is 12.4. The average molecular weight is 425 g/mol. The minimum atomic E-state index is -0.487. The standard InChI is InChI=1S/C22H23N3O6/c1-30-17-8-7-14(11-18(17)31-2)12-19(26)23-9-10-24-20(27)13-25-21(28)15-5-3-4-6-16(15)22(25)29/h3-8,11H,9-10,12-13H2,1-2H3,(H,23,26)(H,24,27). The second-order valence-electron chi connectivity index (χ2n) is 6.81. The molecule has 3 rings (SSSR count). The molecule has 0 aromatic heterocycles. The van der Waals surface area contributed by atoms with Gasteiger partial charge in [-0.3, -0.25) is 24.1 Å². The molecule has 4 amide bonds. The van der Waals surface area contributed by atoms with Crippen LogP contribution in [0.25, 0.3) is 0 Å². The van der Waals surface area contributed by atoms with E-state index in [4.69, 9.17) is 9.47 Å². The first-order chi connectivity index (χ1) is 14.9. The largest absolute Gasteiger partial charge is 0.493 e. The lowest BCUT2D eigenvalue weighted by Gasteiger charge is -2.14. The fourth-order valence-electron chi connectivity index (χ4n) is 3.22. The van der Waals surface area contributed by atoms with Crippen LogP contribution in [0.5, 0.6) is 11.5 Å². The summed E-state index contributed by atoms with van der Waals surface area (Å²) in [4.78, 5) is 49.7. The molecular weight excluding hydrogens is 402 g/mol. The van der Waals surface area contributed by atoms with E-state index in [1.807, 2.05) is 0 Å². The first kappa shape index (κ1) is 21.8. The van der Waals surface area contributed by atoms with Gasteiger partial charge in [0.15, 0.2) is 11.5 Å². The van der Waals surface area contributed by atoms with Crippen molar-refractivity contribution in [3.05, 3.63) is 59.2 Å². The number of nitrogens with zero attached hydrogens (tertiary/aromatic N) is 1. The molecule has 0 atom stereocenters. The Morgan fingerprint density at radius 1 is 0.839 bits per heavy atom. The molecule has 0 saturated heterocycles. The van der Waals surface area contributed by atoms with Crippen LogP contribution in [0.1, 0.15) is 26.3 Å². The summed E-state index contributed by atoms with van der Waals surface area (Å²) in [5.41, 5.74) is 1.34. The Kier molecular flexibility index (Phi) is 6.86. The van der Waals surface area contributed by atoms with E-state index in [1.54, 1.807) is 42.5 Å². The van der Waals surface area contributed by atoms with Crippen molar-refractivity contribution in [2.75, 3.05) is 33.9 Å². The number of hydrogen-bond acceptors (Lipinski definition) is 6. The molecule has 0 saturated carbocycles. The molecule has 1 heterocycles. The van der Waals surface area contributed by atoms with Gasteiger partial charge < -0.3 is 20.1 Å². The van der Waals surface area contributed by atoms with Crippen molar-refractivity contribution in [3.63, 3.8) is 0 Å². The number of hydrogen-bond donors (Lipinski definition) is 2. The molecule has 2 aromatic rings. The van der Waals surface area contributed by atoms with E-state index in [0.29, 0.717) is 22.6 Å². The van der Waals surface area contributed by atoms with Gasteiger partial charge in [0.1, 0.15) is 6.54 Å². The Labute approximate surface area is 179 Å². The van der Waals surface area contributed by atoms with Crippen molar-refractivity contribution in [2.45, 2.75) is 6.42 Å². The topological polar surface area (TPSA) is 114 Å². The minimum absolute atomic E-state index is 0.142. The van der Waals surface area contributed by atoms with Crippen LogP contribution in [0.4, 0.5) is 0 Å². The Balaban J connectivity index is 1.41. The van der Waals surface area contributed by atoms with Gasteiger partial charge in [0.25, 0.3) is 11.8 Å². The van der Waals surface area contributed by atoms with Crippen LogP contribution in [0.2, 0.25) is 0 Å². The number of nitrogens with one attached hydrogen (secondary N) is 2. The summed E-state index contributed by atoms with van der Waals surface area (Å²) >= 11 is 0. The molecule has 2 N–H and O–H groups in total. The summed E-state index contributed by atoms with van der Waals surface area (Å²) < 4.78 is 10.4. The third kappa shape index (κ3) is 5.00. The molecule has 31 heavy (non-hydrogen) atoms. The summed E-state index contributed by atoms with van der Waals surface area (Å²) in [5, 5.41) is 5.30. The maximum atomic E-state index is 12.3. The van der Waals surface area contributed by atoms with Gasteiger partial charge >= 0.3 is 0 Å². The first-order valence-corrected chi connectivity index (χ1v) is 9.64. The van der Waals surface area contributed by atoms with Crippen molar-refractivity contribution in [3.8, 4) is 11.5 Å². The van der Waals surface area contributed by atoms with Crippen LogP contribution in [0.3, 0.4) is 0 Å². The van der Waals surface area contributed by atoms with Crippen LogP contribution in [-0.4, -0.2) is 62.4 Å². The second-order valence-corrected chi connectivity index (χ2v) is 6.81. The number of fused-ring (bicyclic) bond motifs is 1. The van der Waals surface area contributed by atoms with E-state index in [0.717, 1.165) is 10.5 Å². The van der Waals surface area contributed by atoms with Gasteiger partial charge in [-0.1, -0.05) is 18.2 Å². The molecule has 1 aliphatic heterocycles. The lowest BCUT2D eigenvalue weighted by atomic mass is 10.1. The molecule has 0 fully saturated rings. The molecule has 0 aliphatic carbocycles. The first-order valence-electron chi connectivity index (χ1n) is 9.64.